The Bertz CT molecular complexity index is 1580. The van der Waals surface area contributed by atoms with Crippen LogP contribution in [-0.2, 0) is 26.6 Å². The first-order chi connectivity index (χ1) is 23.1. The van der Waals surface area contributed by atoms with Gasteiger partial charge in [0, 0.05) is 42.8 Å². The number of sulfonamides is 1. The van der Waals surface area contributed by atoms with Crippen molar-refractivity contribution in [3.8, 4) is 5.75 Å². The fourth-order valence-corrected chi connectivity index (χ4v) is 9.22. The van der Waals surface area contributed by atoms with Crippen molar-refractivity contribution in [2.45, 2.75) is 87.9 Å². The van der Waals surface area contributed by atoms with E-state index in [1.807, 2.05) is 12.1 Å². The third-order valence-electron chi connectivity index (χ3n) is 10.5. The quantitative estimate of drug-likeness (QED) is 0.193. The molecular weight excluding hydrogens is 648 g/mol. The topological polar surface area (TPSA) is 105 Å². The summed E-state index contributed by atoms with van der Waals surface area (Å²) in [5.74, 6) is 0.395. The summed E-state index contributed by atoms with van der Waals surface area (Å²) in [5, 5.41) is 11.0. The molecule has 2 aromatic rings. The van der Waals surface area contributed by atoms with Crippen molar-refractivity contribution in [1.29, 1.82) is 0 Å². The number of benzene rings is 2. The van der Waals surface area contributed by atoms with Gasteiger partial charge in [0.05, 0.1) is 23.6 Å². The molecule has 0 unspecified atom stereocenters. The molecule has 2 N–H and O–H groups in total. The number of amides is 1. The highest BCUT2D eigenvalue weighted by Crippen LogP contribution is 2.46. The van der Waals surface area contributed by atoms with Gasteiger partial charge in [-0.2, -0.15) is 0 Å². The average Bonchev–Trinajstić information content (AvgIpc) is 3.19. The number of unbranched alkanes of at least 4 members (excludes halogenated alkanes) is 1. The second-order valence-electron chi connectivity index (χ2n) is 13.7. The van der Waals surface area contributed by atoms with Crippen molar-refractivity contribution in [3.05, 3.63) is 82.9 Å². The lowest BCUT2D eigenvalue weighted by Crippen LogP contribution is -2.49. The number of methoxy groups -OCH3 is 1. The van der Waals surface area contributed by atoms with Crippen LogP contribution in [0.1, 0.15) is 86.2 Å². The Hall–Kier alpha value is -2.85. The number of carbonyl (C=O) groups excluding carboxylic acids is 1. The summed E-state index contributed by atoms with van der Waals surface area (Å²) in [5.41, 5.74) is 3.21. The zero-order valence-corrected chi connectivity index (χ0v) is 29.9. The molecule has 1 heterocycles. The van der Waals surface area contributed by atoms with Gasteiger partial charge < -0.3 is 19.5 Å². The molecule has 3 aliphatic rings. The van der Waals surface area contributed by atoms with Gasteiger partial charge in [-0.1, -0.05) is 49.2 Å². The number of halogens is 1. The molecular formula is C38H51ClN2O6S. The molecule has 1 amide bonds. The van der Waals surface area contributed by atoms with Crippen LogP contribution in [0, 0.1) is 11.8 Å². The van der Waals surface area contributed by atoms with Gasteiger partial charge in [-0.25, -0.2) is 13.1 Å². The summed E-state index contributed by atoms with van der Waals surface area (Å²) < 4.78 is 40.8. The maximum absolute atomic E-state index is 13.6. The third kappa shape index (κ3) is 8.29. The molecule has 0 bridgehead atoms. The molecule has 1 spiro atoms. The zero-order valence-electron chi connectivity index (χ0n) is 28.3. The number of rotatable bonds is 15. The standard InChI is InChI=1S/C38H51ClN2O6S/c1-4-6-8-12-35(42)32-16-13-29(32)24-41-25-38(20-9-10-27-22-30(39)15-17-33(27)38)26-47-36-18-14-28(23-34(36)41)37(43)40-48(44,45)31(11-7-5-2)19-21-46-3/h5,8,12,14-15,17-18,22-23,29,31-32,35,42H,2,4,6-7,9-11,13,16,19-21,24-26H2,1,3H3,(H,40,43)/b12-8+/t29-,31+,32+,35-,38-/m0/s1. The summed E-state index contributed by atoms with van der Waals surface area (Å²) in [4.78, 5) is 15.9. The van der Waals surface area contributed by atoms with Crippen LogP contribution in [0.4, 0.5) is 5.69 Å². The highest BCUT2D eigenvalue weighted by Gasteiger charge is 2.44. The number of aliphatic hydroxyl groups excluding tert-OH is 1. The van der Waals surface area contributed by atoms with Crippen LogP contribution in [0.15, 0.2) is 61.2 Å². The number of anilines is 1. The molecule has 1 aliphatic heterocycles. The molecule has 262 valence electrons. The fourth-order valence-electron chi connectivity index (χ4n) is 7.63. The smallest absolute Gasteiger partial charge is 0.264 e. The van der Waals surface area contributed by atoms with E-state index in [4.69, 9.17) is 21.1 Å². The van der Waals surface area contributed by atoms with E-state index < -0.39 is 27.3 Å². The normalized spacial score (nSPS) is 23.4. The van der Waals surface area contributed by atoms with Crippen molar-refractivity contribution in [3.63, 3.8) is 0 Å². The molecule has 48 heavy (non-hydrogen) atoms. The number of fused-ring (bicyclic) bond motifs is 3. The van der Waals surface area contributed by atoms with Crippen LogP contribution in [0.3, 0.4) is 0 Å². The highest BCUT2D eigenvalue weighted by atomic mass is 35.5. The molecule has 8 nitrogen and oxygen atoms in total. The number of nitrogens with zero attached hydrogens (tertiary/aromatic N) is 1. The maximum Gasteiger partial charge on any atom is 0.264 e. The summed E-state index contributed by atoms with van der Waals surface area (Å²) in [6.07, 6.45) is 13.2. The van der Waals surface area contributed by atoms with E-state index in [-0.39, 0.29) is 35.8 Å². The second kappa shape index (κ2) is 16.2. The van der Waals surface area contributed by atoms with Crippen LogP contribution >= 0.6 is 11.6 Å². The predicted molar refractivity (Wildman–Crippen MR) is 193 cm³/mol. The average molecular weight is 699 g/mol. The van der Waals surface area contributed by atoms with Crippen LogP contribution in [0.25, 0.3) is 0 Å². The van der Waals surface area contributed by atoms with Crippen molar-refractivity contribution < 1.29 is 27.8 Å². The molecule has 0 aromatic heterocycles. The number of nitrogens with one attached hydrogen (secondary N) is 1. The Morgan fingerprint density at radius 1 is 1.23 bits per heavy atom. The van der Waals surface area contributed by atoms with Gasteiger partial charge in [0.1, 0.15) is 5.75 Å². The van der Waals surface area contributed by atoms with Gasteiger partial charge in [0.15, 0.2) is 0 Å². The fraction of sp³-hybridized carbons (Fsp3) is 0.553. The minimum Gasteiger partial charge on any atom is -0.490 e. The molecule has 2 aliphatic carbocycles. The molecule has 2 aromatic carbocycles. The third-order valence-corrected chi connectivity index (χ3v) is 12.5. The van der Waals surface area contributed by atoms with Gasteiger partial charge in [-0.3, -0.25) is 4.79 Å². The number of aryl methyl sites for hydroxylation is 1. The Balaban J connectivity index is 1.46. The lowest BCUT2D eigenvalue weighted by molar-refractivity contribution is 0.0456. The van der Waals surface area contributed by atoms with E-state index in [0.717, 1.165) is 55.7 Å². The number of allylic oxidation sites excluding steroid dienone is 2. The summed E-state index contributed by atoms with van der Waals surface area (Å²) >= 11 is 6.42. The summed E-state index contributed by atoms with van der Waals surface area (Å²) in [6.45, 7) is 7.95. The van der Waals surface area contributed by atoms with Crippen LogP contribution in [-0.4, -0.2) is 64.2 Å². The van der Waals surface area contributed by atoms with E-state index >= 15 is 0 Å². The van der Waals surface area contributed by atoms with Crippen molar-refractivity contribution in [2.24, 2.45) is 11.8 Å². The van der Waals surface area contributed by atoms with E-state index in [1.54, 1.807) is 24.3 Å². The number of aliphatic hydroxyl groups is 1. The van der Waals surface area contributed by atoms with Gasteiger partial charge in [-0.05, 0) is 111 Å². The number of carbonyl (C=O) groups is 1. The lowest BCUT2D eigenvalue weighted by atomic mass is 9.68. The maximum atomic E-state index is 13.6. The lowest BCUT2D eigenvalue weighted by Gasteiger charge is -2.45. The Kier molecular flexibility index (Phi) is 12.3. The molecule has 5 atom stereocenters. The minimum absolute atomic E-state index is 0.148. The minimum atomic E-state index is -3.97. The monoisotopic (exact) mass is 698 g/mol. The highest BCUT2D eigenvalue weighted by molar-refractivity contribution is 7.90. The van der Waals surface area contributed by atoms with Crippen molar-refractivity contribution in [2.75, 3.05) is 38.3 Å². The Morgan fingerprint density at radius 3 is 2.79 bits per heavy atom. The van der Waals surface area contributed by atoms with Gasteiger partial charge in [0.2, 0.25) is 10.0 Å². The number of ether oxygens (including phenoxy) is 2. The van der Waals surface area contributed by atoms with Crippen LogP contribution in [0.5, 0.6) is 5.75 Å². The van der Waals surface area contributed by atoms with Gasteiger partial charge >= 0.3 is 0 Å². The second-order valence-corrected chi connectivity index (χ2v) is 16.1. The number of hydrogen-bond acceptors (Lipinski definition) is 7. The zero-order chi connectivity index (χ0) is 34.3. The first kappa shape index (κ1) is 36.4. The van der Waals surface area contributed by atoms with E-state index in [1.165, 1.54) is 18.2 Å². The molecule has 1 saturated carbocycles. The SMILES string of the molecule is C=CCC[C@H](CCOC)S(=O)(=O)NC(=O)c1ccc2c(c1)N(C[C@@H]1CC[C@H]1[C@@H](O)/C=C/CCC)C[C@@]1(CCCc3cc(Cl)ccc31)CO2. The molecule has 0 saturated heterocycles. The molecule has 1 fully saturated rings. The van der Waals surface area contributed by atoms with E-state index in [0.29, 0.717) is 38.3 Å². The van der Waals surface area contributed by atoms with Crippen molar-refractivity contribution in [1.82, 2.24) is 4.72 Å². The van der Waals surface area contributed by atoms with E-state index in [9.17, 15) is 18.3 Å². The van der Waals surface area contributed by atoms with Crippen LogP contribution < -0.4 is 14.4 Å². The van der Waals surface area contributed by atoms with E-state index in [2.05, 4.69) is 41.3 Å². The largest absolute Gasteiger partial charge is 0.490 e. The Morgan fingerprint density at radius 2 is 2.06 bits per heavy atom. The Labute approximate surface area is 291 Å². The summed E-state index contributed by atoms with van der Waals surface area (Å²) in [7, 11) is -2.45. The molecule has 5 rings (SSSR count). The number of hydrogen-bond donors (Lipinski definition) is 2. The van der Waals surface area contributed by atoms with Crippen molar-refractivity contribution >= 4 is 33.2 Å². The first-order valence-corrected chi connectivity index (χ1v) is 19.3. The summed E-state index contributed by atoms with van der Waals surface area (Å²) in [6, 6.07) is 11.3. The predicted octanol–water partition coefficient (Wildman–Crippen LogP) is 6.99. The van der Waals surface area contributed by atoms with Crippen LogP contribution in [0.2, 0.25) is 5.02 Å². The first-order valence-electron chi connectivity index (χ1n) is 17.4. The molecule has 10 heteroatoms. The van der Waals surface area contributed by atoms with Gasteiger partial charge in [-0.15, -0.1) is 6.58 Å². The van der Waals surface area contributed by atoms with Gasteiger partial charge in [0.25, 0.3) is 5.91 Å². The molecule has 0 radical (unpaired) electrons.